The molecule has 2 aromatic rings. The van der Waals surface area contributed by atoms with Crippen LogP contribution in [0.15, 0.2) is 54.9 Å². The Kier molecular flexibility index (Phi) is 2.88. The van der Waals surface area contributed by atoms with Crippen LogP contribution in [0.2, 0.25) is 0 Å². The molecule has 0 saturated carbocycles. The Hall–Kier alpha value is -1.96. The van der Waals surface area contributed by atoms with Gasteiger partial charge in [-0.05, 0) is 0 Å². The summed E-state index contributed by atoms with van der Waals surface area (Å²) >= 11 is 0. The lowest BCUT2D eigenvalue weighted by Gasteiger charge is -1.96. The fraction of sp³-hybridized carbons (Fsp3) is 0.0769. The lowest BCUT2D eigenvalue weighted by Crippen LogP contribution is -2.33. The summed E-state index contributed by atoms with van der Waals surface area (Å²) in [4.78, 5) is 10.5. The Balaban J connectivity index is 2.15. The fourth-order valence-corrected chi connectivity index (χ4v) is 1.45. The zero-order chi connectivity index (χ0) is 10.5. The van der Waals surface area contributed by atoms with Gasteiger partial charge in [0.15, 0.2) is 25.2 Å². The van der Waals surface area contributed by atoms with Crippen LogP contribution in [0.1, 0.15) is 15.9 Å². The number of carbonyl (C=O) groups excluding carboxylic acids is 1. The number of aldehydes is 1. The molecule has 0 spiro atoms. The predicted octanol–water partition coefficient (Wildman–Crippen LogP) is 1.83. The number of rotatable bonds is 3. The second-order valence-electron chi connectivity index (χ2n) is 3.41. The molecule has 15 heavy (non-hydrogen) atoms. The van der Waals surface area contributed by atoms with Crippen molar-refractivity contribution in [3.05, 3.63) is 66.0 Å². The van der Waals surface area contributed by atoms with E-state index in [2.05, 4.69) is 12.1 Å². The predicted molar refractivity (Wildman–Crippen MR) is 57.6 cm³/mol. The van der Waals surface area contributed by atoms with E-state index in [9.17, 15) is 4.79 Å². The van der Waals surface area contributed by atoms with E-state index in [0.29, 0.717) is 5.56 Å². The molecule has 0 atom stereocenters. The maximum absolute atomic E-state index is 10.5. The van der Waals surface area contributed by atoms with Crippen LogP contribution in [0.4, 0.5) is 0 Å². The fourth-order valence-electron chi connectivity index (χ4n) is 1.45. The Labute approximate surface area is 88.8 Å². The first-order valence-corrected chi connectivity index (χ1v) is 4.87. The van der Waals surface area contributed by atoms with Crippen molar-refractivity contribution < 1.29 is 9.36 Å². The highest BCUT2D eigenvalue weighted by Gasteiger charge is 2.01. The molecule has 0 bridgehead atoms. The number of hydrogen-bond acceptors (Lipinski definition) is 1. The van der Waals surface area contributed by atoms with Crippen molar-refractivity contribution >= 4 is 6.29 Å². The minimum atomic E-state index is 0.708. The van der Waals surface area contributed by atoms with E-state index < -0.39 is 0 Å². The number of pyridine rings is 1. The molecule has 0 radical (unpaired) electrons. The zero-order valence-electron chi connectivity index (χ0n) is 8.34. The molecule has 0 saturated heterocycles. The summed E-state index contributed by atoms with van der Waals surface area (Å²) in [5.74, 6) is 0. The Morgan fingerprint density at radius 2 is 1.67 bits per heavy atom. The Bertz CT molecular complexity index is 434. The van der Waals surface area contributed by atoms with Gasteiger partial charge in [-0.3, -0.25) is 4.79 Å². The van der Waals surface area contributed by atoms with Crippen LogP contribution < -0.4 is 4.57 Å². The zero-order valence-corrected chi connectivity index (χ0v) is 8.34. The van der Waals surface area contributed by atoms with Gasteiger partial charge in [-0.1, -0.05) is 30.3 Å². The molecule has 1 aromatic heterocycles. The Morgan fingerprint density at radius 1 is 1.00 bits per heavy atom. The first-order chi connectivity index (χ1) is 7.38. The van der Waals surface area contributed by atoms with Gasteiger partial charge in [0, 0.05) is 23.3 Å². The molecule has 0 aliphatic carbocycles. The number of benzene rings is 1. The van der Waals surface area contributed by atoms with Crippen molar-refractivity contribution in [2.45, 2.75) is 6.54 Å². The molecule has 1 heterocycles. The van der Waals surface area contributed by atoms with Crippen molar-refractivity contribution in [2.75, 3.05) is 0 Å². The molecule has 0 aliphatic rings. The Morgan fingerprint density at radius 3 is 2.27 bits per heavy atom. The smallest absolute Gasteiger partial charge is 0.173 e. The molecule has 0 amide bonds. The third-order valence-electron chi connectivity index (χ3n) is 2.26. The van der Waals surface area contributed by atoms with Crippen molar-refractivity contribution in [3.63, 3.8) is 0 Å². The number of carbonyl (C=O) groups is 1. The van der Waals surface area contributed by atoms with Crippen molar-refractivity contribution in [1.82, 2.24) is 0 Å². The van der Waals surface area contributed by atoms with E-state index in [-0.39, 0.29) is 0 Å². The van der Waals surface area contributed by atoms with Gasteiger partial charge in [0.1, 0.15) is 0 Å². The van der Waals surface area contributed by atoms with Crippen LogP contribution in [0, 0.1) is 0 Å². The molecule has 0 fully saturated rings. The first-order valence-electron chi connectivity index (χ1n) is 4.87. The van der Waals surface area contributed by atoms with E-state index in [4.69, 9.17) is 0 Å². The monoisotopic (exact) mass is 198 g/mol. The second-order valence-corrected chi connectivity index (χ2v) is 3.41. The minimum absolute atomic E-state index is 0.708. The highest BCUT2D eigenvalue weighted by molar-refractivity contribution is 5.73. The quantitative estimate of drug-likeness (QED) is 0.544. The third kappa shape index (κ3) is 2.50. The second kappa shape index (κ2) is 4.51. The lowest BCUT2D eigenvalue weighted by molar-refractivity contribution is -0.688. The van der Waals surface area contributed by atoms with Crippen LogP contribution in [-0.4, -0.2) is 6.29 Å². The molecule has 0 aliphatic heterocycles. The van der Waals surface area contributed by atoms with Crippen LogP contribution in [0.25, 0.3) is 0 Å². The number of nitrogens with zero attached hydrogens (tertiary/aromatic N) is 1. The molecule has 2 rings (SSSR count). The molecule has 0 unspecified atom stereocenters. The summed E-state index contributed by atoms with van der Waals surface area (Å²) in [6, 6.07) is 13.8. The van der Waals surface area contributed by atoms with E-state index in [1.165, 1.54) is 5.56 Å². The van der Waals surface area contributed by atoms with E-state index >= 15 is 0 Å². The lowest BCUT2D eigenvalue weighted by atomic mass is 10.2. The maximum Gasteiger partial charge on any atom is 0.173 e. The van der Waals surface area contributed by atoms with Crippen molar-refractivity contribution in [1.29, 1.82) is 0 Å². The standard InChI is InChI=1S/C13H12NO/c15-11-13-6-8-14(9-7-13)10-12-4-2-1-3-5-12/h1-9,11H,10H2/q+1. The summed E-state index contributed by atoms with van der Waals surface area (Å²) in [5, 5.41) is 0. The molecular formula is C13H12NO+. The highest BCUT2D eigenvalue weighted by Crippen LogP contribution is 1.97. The summed E-state index contributed by atoms with van der Waals surface area (Å²) in [7, 11) is 0. The van der Waals surface area contributed by atoms with Gasteiger partial charge in [-0.15, -0.1) is 0 Å². The summed E-state index contributed by atoms with van der Waals surface area (Å²) in [6.45, 7) is 0.833. The molecule has 0 N–H and O–H groups in total. The van der Waals surface area contributed by atoms with Crippen molar-refractivity contribution in [3.8, 4) is 0 Å². The van der Waals surface area contributed by atoms with Gasteiger partial charge in [0.25, 0.3) is 0 Å². The van der Waals surface area contributed by atoms with Crippen LogP contribution in [0.3, 0.4) is 0 Å². The van der Waals surface area contributed by atoms with Crippen LogP contribution in [-0.2, 0) is 6.54 Å². The number of hydrogen-bond donors (Lipinski definition) is 0. The highest BCUT2D eigenvalue weighted by atomic mass is 16.1. The topological polar surface area (TPSA) is 20.9 Å². The van der Waals surface area contributed by atoms with E-state index in [0.717, 1.165) is 12.8 Å². The summed E-state index contributed by atoms with van der Waals surface area (Å²) < 4.78 is 2.04. The average molecular weight is 198 g/mol. The first kappa shape index (κ1) is 9.59. The largest absolute Gasteiger partial charge is 0.298 e. The van der Waals surface area contributed by atoms with E-state index in [1.54, 1.807) is 0 Å². The molecule has 1 aromatic carbocycles. The molecule has 2 nitrogen and oxygen atoms in total. The van der Waals surface area contributed by atoms with Crippen LogP contribution in [0.5, 0.6) is 0 Å². The van der Waals surface area contributed by atoms with Gasteiger partial charge in [0.05, 0.1) is 0 Å². The van der Waals surface area contributed by atoms with Gasteiger partial charge in [-0.2, -0.15) is 0 Å². The van der Waals surface area contributed by atoms with Gasteiger partial charge in [-0.25, -0.2) is 4.57 Å². The SMILES string of the molecule is O=Cc1cc[n+](Cc2ccccc2)cc1. The van der Waals surface area contributed by atoms with Crippen molar-refractivity contribution in [2.24, 2.45) is 0 Å². The number of aromatic nitrogens is 1. The average Bonchev–Trinajstić information content (AvgIpc) is 2.31. The summed E-state index contributed by atoms with van der Waals surface area (Å²) in [6.07, 6.45) is 4.68. The van der Waals surface area contributed by atoms with Gasteiger partial charge in [0.2, 0.25) is 0 Å². The molecule has 74 valence electrons. The van der Waals surface area contributed by atoms with Gasteiger partial charge < -0.3 is 0 Å². The molecule has 2 heteroatoms. The van der Waals surface area contributed by atoms with E-state index in [1.807, 2.05) is 47.3 Å². The molecular weight excluding hydrogens is 186 g/mol. The maximum atomic E-state index is 10.5. The summed E-state index contributed by atoms with van der Waals surface area (Å²) in [5.41, 5.74) is 1.96. The minimum Gasteiger partial charge on any atom is -0.298 e. The third-order valence-corrected chi connectivity index (χ3v) is 2.26. The van der Waals surface area contributed by atoms with Crippen LogP contribution >= 0.6 is 0 Å². The normalized spacial score (nSPS) is 9.87. The van der Waals surface area contributed by atoms with Gasteiger partial charge >= 0.3 is 0 Å².